The predicted octanol–water partition coefficient (Wildman–Crippen LogP) is 4.90. The molecular formula is C29H32ClN5O4. The summed E-state index contributed by atoms with van der Waals surface area (Å²) in [5, 5.41) is 0.436. The zero-order valence-corrected chi connectivity index (χ0v) is 23.1. The van der Waals surface area contributed by atoms with Crippen LogP contribution in [0.1, 0.15) is 45.6 Å². The highest BCUT2D eigenvalue weighted by atomic mass is 35.5. The van der Waals surface area contributed by atoms with Crippen LogP contribution in [0.5, 0.6) is 0 Å². The molecule has 2 saturated heterocycles. The second-order valence-corrected chi connectivity index (χ2v) is 11.6. The third-order valence-corrected chi connectivity index (χ3v) is 7.64. The molecule has 0 atom stereocenters. The van der Waals surface area contributed by atoms with Crippen molar-refractivity contribution < 1.29 is 14.3 Å². The molecule has 2 aliphatic heterocycles. The number of hydrogen-bond acceptors (Lipinski definition) is 6. The number of nitrogens with one attached hydrogen (secondary N) is 1. The summed E-state index contributed by atoms with van der Waals surface area (Å²) in [7, 11) is 0. The topological polar surface area (TPSA) is 108 Å². The van der Waals surface area contributed by atoms with Crippen LogP contribution in [0.4, 0.5) is 4.79 Å². The first-order valence-electron chi connectivity index (χ1n) is 13.1. The van der Waals surface area contributed by atoms with E-state index in [2.05, 4.69) is 15.0 Å². The van der Waals surface area contributed by atoms with Crippen LogP contribution < -0.4 is 5.69 Å². The molecule has 2 fully saturated rings. The van der Waals surface area contributed by atoms with Crippen molar-refractivity contribution >= 4 is 23.6 Å². The average Bonchev–Trinajstić information content (AvgIpc) is 3.19. The summed E-state index contributed by atoms with van der Waals surface area (Å²) >= 11 is 6.52. The van der Waals surface area contributed by atoms with Gasteiger partial charge in [-0.15, -0.1) is 0 Å². The Morgan fingerprint density at radius 3 is 2.41 bits per heavy atom. The van der Waals surface area contributed by atoms with Crippen molar-refractivity contribution in [3.8, 4) is 22.8 Å². The van der Waals surface area contributed by atoms with Gasteiger partial charge >= 0.3 is 11.8 Å². The third kappa shape index (κ3) is 5.83. The van der Waals surface area contributed by atoms with Crippen molar-refractivity contribution in [3.05, 3.63) is 69.6 Å². The van der Waals surface area contributed by atoms with Crippen LogP contribution in [0.3, 0.4) is 0 Å². The highest BCUT2D eigenvalue weighted by Gasteiger charge is 2.48. The Kier molecular flexibility index (Phi) is 7.20. The molecule has 2 aliphatic rings. The smallest absolute Gasteiger partial charge is 0.410 e. The molecule has 2 amide bonds. The number of aromatic amines is 1. The lowest BCUT2D eigenvalue weighted by Gasteiger charge is -2.38. The fraction of sp³-hybridized carbons (Fsp3) is 0.414. The second-order valence-electron chi connectivity index (χ2n) is 11.2. The van der Waals surface area contributed by atoms with Crippen molar-refractivity contribution in [2.45, 2.75) is 52.2 Å². The van der Waals surface area contributed by atoms with E-state index >= 15 is 0 Å². The molecule has 0 unspecified atom stereocenters. The molecule has 1 N–H and O–H groups in total. The van der Waals surface area contributed by atoms with Crippen LogP contribution in [-0.4, -0.2) is 62.0 Å². The lowest BCUT2D eigenvalue weighted by atomic mass is 9.77. The number of ether oxygens (including phenoxy) is 1. The molecule has 0 radical (unpaired) electrons. The zero-order valence-electron chi connectivity index (χ0n) is 22.4. The van der Waals surface area contributed by atoms with Crippen molar-refractivity contribution in [1.29, 1.82) is 0 Å². The monoisotopic (exact) mass is 549 g/mol. The van der Waals surface area contributed by atoms with E-state index in [9.17, 15) is 14.4 Å². The van der Waals surface area contributed by atoms with Gasteiger partial charge in [0.2, 0.25) is 5.91 Å². The van der Waals surface area contributed by atoms with Gasteiger partial charge in [0, 0.05) is 37.3 Å². The van der Waals surface area contributed by atoms with Gasteiger partial charge in [0.1, 0.15) is 11.4 Å². The molecule has 3 aromatic rings. The molecule has 39 heavy (non-hydrogen) atoms. The zero-order chi connectivity index (χ0) is 27.8. The Hall–Kier alpha value is -3.72. The molecule has 204 valence electrons. The third-order valence-electron chi connectivity index (χ3n) is 7.32. The fourth-order valence-electron chi connectivity index (χ4n) is 5.25. The van der Waals surface area contributed by atoms with Crippen LogP contribution in [0.15, 0.2) is 53.3 Å². The molecular weight excluding hydrogens is 518 g/mol. The van der Waals surface area contributed by atoms with Crippen LogP contribution in [-0.2, 0) is 16.1 Å². The summed E-state index contributed by atoms with van der Waals surface area (Å²) < 4.78 is 5.50. The molecule has 2 aromatic carbocycles. The lowest BCUT2D eigenvalue weighted by molar-refractivity contribution is -0.138. The molecule has 5 rings (SSSR count). The van der Waals surface area contributed by atoms with Gasteiger partial charge in [-0.1, -0.05) is 48.0 Å². The molecule has 9 nitrogen and oxygen atoms in total. The molecule has 0 saturated carbocycles. The Bertz CT molecular complexity index is 1440. The van der Waals surface area contributed by atoms with E-state index in [1.165, 1.54) is 0 Å². The Balaban J connectivity index is 1.30. The Morgan fingerprint density at radius 1 is 1.03 bits per heavy atom. The minimum absolute atomic E-state index is 0.115. The Labute approximate surface area is 232 Å². The SMILES string of the molecule is CC(C)(C)OC(=O)N1CCC2(CC1)CCN(Cc1ccc(Cl)c(-c3nc(-c4ccccc4)nc(=O)[nH]3)c1)C2=O. The summed E-state index contributed by atoms with van der Waals surface area (Å²) in [6.45, 7) is 7.62. The number of likely N-dealkylation sites (tertiary alicyclic amines) is 2. The van der Waals surface area contributed by atoms with Crippen LogP contribution >= 0.6 is 11.6 Å². The highest BCUT2D eigenvalue weighted by Crippen LogP contribution is 2.42. The number of benzene rings is 2. The summed E-state index contributed by atoms with van der Waals surface area (Å²) in [5.41, 5.74) is 0.656. The number of rotatable bonds is 4. The van der Waals surface area contributed by atoms with Crippen LogP contribution in [0.25, 0.3) is 22.8 Å². The number of H-pyrrole nitrogens is 1. The number of amides is 2. The highest BCUT2D eigenvalue weighted by molar-refractivity contribution is 6.33. The molecule has 0 bridgehead atoms. The van der Waals surface area contributed by atoms with E-state index in [-0.39, 0.29) is 12.0 Å². The first kappa shape index (κ1) is 26.9. The van der Waals surface area contributed by atoms with Gasteiger partial charge in [-0.3, -0.25) is 9.78 Å². The number of carbonyl (C=O) groups is 2. The van der Waals surface area contributed by atoms with Crippen molar-refractivity contribution in [1.82, 2.24) is 24.8 Å². The lowest BCUT2D eigenvalue weighted by Crippen LogP contribution is -2.47. The molecule has 0 aliphatic carbocycles. The van der Waals surface area contributed by atoms with Gasteiger partial charge in [0.05, 0.1) is 10.4 Å². The minimum atomic E-state index is -0.550. The van der Waals surface area contributed by atoms with Crippen molar-refractivity contribution in [2.24, 2.45) is 5.41 Å². The molecule has 10 heteroatoms. The number of carbonyl (C=O) groups excluding carboxylic acids is 2. The first-order valence-corrected chi connectivity index (χ1v) is 13.5. The number of nitrogens with zero attached hydrogens (tertiary/aromatic N) is 4. The predicted molar refractivity (Wildman–Crippen MR) is 148 cm³/mol. The first-order chi connectivity index (χ1) is 18.5. The minimum Gasteiger partial charge on any atom is -0.444 e. The van der Waals surface area contributed by atoms with Gasteiger partial charge in [-0.25, -0.2) is 14.6 Å². The Morgan fingerprint density at radius 2 is 1.72 bits per heavy atom. The van der Waals surface area contributed by atoms with Crippen LogP contribution in [0.2, 0.25) is 5.02 Å². The van der Waals surface area contributed by atoms with E-state index in [1.54, 1.807) is 11.0 Å². The second kappa shape index (κ2) is 10.4. The molecule has 1 spiro atoms. The van der Waals surface area contributed by atoms with Gasteiger partial charge in [0.25, 0.3) is 0 Å². The normalized spacial score (nSPS) is 17.1. The maximum absolute atomic E-state index is 13.6. The average molecular weight is 550 g/mol. The summed E-state index contributed by atoms with van der Waals surface area (Å²) in [5.74, 6) is 0.745. The van der Waals surface area contributed by atoms with Gasteiger partial charge < -0.3 is 14.5 Å². The number of piperidine rings is 1. The fourth-order valence-corrected chi connectivity index (χ4v) is 5.46. The molecule has 3 heterocycles. The van der Waals surface area contributed by atoms with Crippen molar-refractivity contribution in [3.63, 3.8) is 0 Å². The van der Waals surface area contributed by atoms with Gasteiger partial charge in [-0.2, -0.15) is 4.98 Å². The molecule has 1 aromatic heterocycles. The standard InChI is InChI=1S/C29H32ClN5O4/c1-28(2,3)39-27(38)34-14-11-29(12-15-34)13-16-35(25(29)36)18-19-9-10-22(30)21(17-19)24-31-23(32-26(37)33-24)20-7-5-4-6-8-20/h4-10,17H,11-16,18H2,1-3H3,(H,31,32,33,37). The van der Waals surface area contributed by atoms with Gasteiger partial charge in [0.15, 0.2) is 5.82 Å². The van der Waals surface area contributed by atoms with Gasteiger partial charge in [-0.05, 0) is 57.7 Å². The number of aromatic nitrogens is 3. The van der Waals surface area contributed by atoms with Crippen molar-refractivity contribution in [2.75, 3.05) is 19.6 Å². The van der Waals surface area contributed by atoms with E-state index in [1.807, 2.05) is 68.1 Å². The summed E-state index contributed by atoms with van der Waals surface area (Å²) in [6, 6.07) is 14.8. The van der Waals surface area contributed by atoms with Crippen LogP contribution in [0, 0.1) is 5.41 Å². The number of hydrogen-bond donors (Lipinski definition) is 1. The largest absolute Gasteiger partial charge is 0.444 e. The summed E-state index contributed by atoms with van der Waals surface area (Å²) in [6.07, 6.45) is 1.68. The maximum atomic E-state index is 13.6. The van der Waals surface area contributed by atoms with E-state index < -0.39 is 16.7 Å². The quantitative estimate of drug-likeness (QED) is 0.496. The summed E-state index contributed by atoms with van der Waals surface area (Å²) in [4.78, 5) is 53.2. The maximum Gasteiger partial charge on any atom is 0.410 e. The van der Waals surface area contributed by atoms with E-state index in [0.29, 0.717) is 61.3 Å². The van der Waals surface area contributed by atoms with E-state index in [0.717, 1.165) is 17.5 Å². The number of halogens is 1. The van der Waals surface area contributed by atoms with E-state index in [4.69, 9.17) is 16.3 Å².